The van der Waals surface area contributed by atoms with E-state index in [0.29, 0.717) is 5.75 Å². The molecular formula is C19H22N2O3. The van der Waals surface area contributed by atoms with E-state index in [1.165, 1.54) is 6.21 Å². The fourth-order valence-corrected chi connectivity index (χ4v) is 2.06. The first kappa shape index (κ1) is 17.5. The highest BCUT2D eigenvalue weighted by atomic mass is 16.5. The van der Waals surface area contributed by atoms with E-state index in [1.807, 2.05) is 30.3 Å². The van der Waals surface area contributed by atoms with E-state index in [9.17, 15) is 4.79 Å². The third kappa shape index (κ3) is 5.43. The molecule has 0 saturated heterocycles. The van der Waals surface area contributed by atoms with Gasteiger partial charge in [-0.2, -0.15) is 5.10 Å². The second-order valence-electron chi connectivity index (χ2n) is 6.22. The number of rotatable bonds is 6. The molecule has 5 nitrogen and oxygen atoms in total. The van der Waals surface area contributed by atoms with E-state index >= 15 is 0 Å². The molecule has 2 aromatic rings. The first-order chi connectivity index (χ1) is 11.5. The van der Waals surface area contributed by atoms with Crippen LogP contribution in [0.5, 0.6) is 5.75 Å². The zero-order chi connectivity index (χ0) is 17.4. The van der Waals surface area contributed by atoms with Crippen LogP contribution in [0.4, 0.5) is 0 Å². The predicted octanol–water partition coefficient (Wildman–Crippen LogP) is 3.77. The van der Waals surface area contributed by atoms with E-state index in [2.05, 4.69) is 31.3 Å². The molecule has 0 atom stereocenters. The summed E-state index contributed by atoms with van der Waals surface area (Å²) >= 11 is 0. The molecule has 0 aliphatic heterocycles. The van der Waals surface area contributed by atoms with Crippen molar-refractivity contribution in [1.82, 2.24) is 5.43 Å². The van der Waals surface area contributed by atoms with Gasteiger partial charge >= 0.3 is 0 Å². The van der Waals surface area contributed by atoms with Crippen LogP contribution >= 0.6 is 0 Å². The molecule has 2 rings (SSSR count). The third-order valence-electron chi connectivity index (χ3n) is 3.21. The van der Waals surface area contributed by atoms with Crippen molar-refractivity contribution in [2.24, 2.45) is 5.10 Å². The molecule has 0 aliphatic rings. The van der Waals surface area contributed by atoms with Crippen molar-refractivity contribution in [2.75, 3.05) is 6.61 Å². The summed E-state index contributed by atoms with van der Waals surface area (Å²) < 4.78 is 10.8. The van der Waals surface area contributed by atoms with E-state index < -0.39 is 0 Å². The third-order valence-corrected chi connectivity index (χ3v) is 3.21. The normalized spacial score (nSPS) is 12.0. The summed E-state index contributed by atoms with van der Waals surface area (Å²) in [6.07, 6.45) is 6.48. The minimum atomic E-state index is -0.318. The molecular weight excluding hydrogens is 304 g/mol. The largest absolute Gasteiger partial charge is 0.483 e. The van der Waals surface area contributed by atoms with Gasteiger partial charge in [0.2, 0.25) is 0 Å². The molecule has 0 bridgehead atoms. The number of carbonyl (C=O) groups is 1. The Morgan fingerprint density at radius 1 is 1.25 bits per heavy atom. The van der Waals surface area contributed by atoms with Gasteiger partial charge in [-0.05, 0) is 41.3 Å². The van der Waals surface area contributed by atoms with Crippen LogP contribution in [0.2, 0.25) is 0 Å². The Hall–Kier alpha value is -2.82. The fraction of sp³-hybridized carbons (Fsp3) is 0.263. The lowest BCUT2D eigenvalue weighted by molar-refractivity contribution is -0.123. The van der Waals surface area contributed by atoms with Gasteiger partial charge < -0.3 is 9.15 Å². The SMILES string of the molecule is CC(C)(C)c1ccccc1OCC(=O)N/N=C/C=C/c1ccco1. The molecule has 24 heavy (non-hydrogen) atoms. The minimum Gasteiger partial charge on any atom is -0.483 e. The first-order valence-electron chi connectivity index (χ1n) is 7.71. The number of carbonyl (C=O) groups excluding carboxylic acids is 1. The summed E-state index contributed by atoms with van der Waals surface area (Å²) in [4.78, 5) is 11.8. The van der Waals surface area contributed by atoms with Gasteiger partial charge in [0, 0.05) is 6.21 Å². The summed E-state index contributed by atoms with van der Waals surface area (Å²) in [6.45, 7) is 6.22. The standard InChI is InChI=1S/C19H22N2O3/c1-19(2,3)16-10-4-5-11-17(16)24-14-18(22)21-20-12-6-8-15-9-7-13-23-15/h4-13H,14H2,1-3H3,(H,21,22)/b8-6+,20-12+. The quantitative estimate of drug-likeness (QED) is 0.649. The Bertz CT molecular complexity index is 710. The van der Waals surface area contributed by atoms with Crippen LogP contribution in [0.15, 0.2) is 58.3 Å². The van der Waals surface area contributed by atoms with Crippen LogP contribution in [0.1, 0.15) is 32.1 Å². The number of para-hydroxylation sites is 1. The monoisotopic (exact) mass is 326 g/mol. The lowest BCUT2D eigenvalue weighted by Crippen LogP contribution is -2.25. The summed E-state index contributed by atoms with van der Waals surface area (Å²) in [5.41, 5.74) is 3.42. The number of nitrogens with one attached hydrogen (secondary N) is 1. The fourth-order valence-electron chi connectivity index (χ4n) is 2.06. The molecule has 5 heteroatoms. The van der Waals surface area contributed by atoms with Crippen LogP contribution < -0.4 is 10.2 Å². The molecule has 1 amide bonds. The van der Waals surface area contributed by atoms with Gasteiger partial charge in [0.1, 0.15) is 11.5 Å². The molecule has 0 fully saturated rings. The highest BCUT2D eigenvalue weighted by molar-refractivity contribution is 5.81. The highest BCUT2D eigenvalue weighted by Crippen LogP contribution is 2.30. The molecule has 126 valence electrons. The Morgan fingerprint density at radius 2 is 2.04 bits per heavy atom. The average Bonchev–Trinajstić information content (AvgIpc) is 3.05. The van der Waals surface area contributed by atoms with Crippen LogP contribution in [0, 0.1) is 0 Å². The smallest absolute Gasteiger partial charge is 0.277 e. The van der Waals surface area contributed by atoms with Gasteiger partial charge in [0.25, 0.3) is 5.91 Å². The predicted molar refractivity (Wildman–Crippen MR) is 95.0 cm³/mol. The summed E-state index contributed by atoms with van der Waals surface area (Å²) in [5, 5.41) is 3.82. The number of hydrazone groups is 1. The molecule has 0 unspecified atom stereocenters. The Labute approximate surface area is 142 Å². The second-order valence-corrected chi connectivity index (χ2v) is 6.22. The van der Waals surface area contributed by atoms with Gasteiger partial charge in [-0.1, -0.05) is 39.0 Å². The Balaban J connectivity index is 1.81. The van der Waals surface area contributed by atoms with Gasteiger partial charge in [0.05, 0.1) is 6.26 Å². The van der Waals surface area contributed by atoms with Crippen LogP contribution in [0.25, 0.3) is 6.08 Å². The van der Waals surface area contributed by atoms with Gasteiger partial charge in [0.15, 0.2) is 6.61 Å². The van der Waals surface area contributed by atoms with Crippen molar-refractivity contribution >= 4 is 18.2 Å². The molecule has 0 saturated carbocycles. The molecule has 0 aliphatic carbocycles. The number of nitrogens with zero attached hydrogens (tertiary/aromatic N) is 1. The molecule has 0 radical (unpaired) electrons. The number of allylic oxidation sites excluding steroid dienone is 1. The maximum absolute atomic E-state index is 11.8. The minimum absolute atomic E-state index is 0.0537. The zero-order valence-corrected chi connectivity index (χ0v) is 14.2. The van der Waals surface area contributed by atoms with Crippen LogP contribution in [-0.4, -0.2) is 18.7 Å². The van der Waals surface area contributed by atoms with E-state index in [4.69, 9.17) is 9.15 Å². The van der Waals surface area contributed by atoms with Gasteiger partial charge in [-0.15, -0.1) is 0 Å². The van der Waals surface area contributed by atoms with Gasteiger partial charge in [-0.3, -0.25) is 4.79 Å². The molecule has 0 spiro atoms. The van der Waals surface area contributed by atoms with Crippen molar-refractivity contribution in [3.8, 4) is 5.75 Å². The molecule has 1 N–H and O–H groups in total. The van der Waals surface area contributed by atoms with Crippen molar-refractivity contribution in [3.63, 3.8) is 0 Å². The molecule has 1 aromatic carbocycles. The Kier molecular flexibility index (Phi) is 5.95. The second kappa shape index (κ2) is 8.15. The molecule has 1 aromatic heterocycles. The lowest BCUT2D eigenvalue weighted by atomic mass is 9.86. The number of benzene rings is 1. The molecule has 1 heterocycles. The summed E-state index contributed by atoms with van der Waals surface area (Å²) in [5.74, 6) is 1.11. The lowest BCUT2D eigenvalue weighted by Gasteiger charge is -2.22. The summed E-state index contributed by atoms with van der Waals surface area (Å²) in [7, 11) is 0. The number of hydrogen-bond donors (Lipinski definition) is 1. The van der Waals surface area contributed by atoms with Crippen LogP contribution in [-0.2, 0) is 10.2 Å². The first-order valence-corrected chi connectivity index (χ1v) is 7.71. The number of ether oxygens (including phenoxy) is 1. The topological polar surface area (TPSA) is 63.8 Å². The van der Waals surface area contributed by atoms with Crippen LogP contribution in [0.3, 0.4) is 0 Å². The van der Waals surface area contributed by atoms with Gasteiger partial charge in [-0.25, -0.2) is 5.43 Å². The average molecular weight is 326 g/mol. The number of hydrogen-bond acceptors (Lipinski definition) is 4. The van der Waals surface area contributed by atoms with Crippen molar-refractivity contribution < 1.29 is 13.9 Å². The van der Waals surface area contributed by atoms with E-state index in [-0.39, 0.29) is 17.9 Å². The number of furan rings is 1. The summed E-state index contributed by atoms with van der Waals surface area (Å²) in [6, 6.07) is 11.3. The highest BCUT2D eigenvalue weighted by Gasteiger charge is 2.18. The van der Waals surface area contributed by atoms with Crippen molar-refractivity contribution in [1.29, 1.82) is 0 Å². The van der Waals surface area contributed by atoms with Crippen molar-refractivity contribution in [3.05, 3.63) is 60.1 Å². The zero-order valence-electron chi connectivity index (χ0n) is 14.2. The number of amides is 1. The maximum Gasteiger partial charge on any atom is 0.277 e. The Morgan fingerprint density at radius 3 is 2.75 bits per heavy atom. The van der Waals surface area contributed by atoms with Crippen molar-refractivity contribution in [2.45, 2.75) is 26.2 Å². The van der Waals surface area contributed by atoms with E-state index in [0.717, 1.165) is 11.3 Å². The van der Waals surface area contributed by atoms with E-state index in [1.54, 1.807) is 24.5 Å². The maximum atomic E-state index is 11.8.